The van der Waals surface area contributed by atoms with Crippen molar-refractivity contribution in [3.8, 4) is 11.8 Å². The van der Waals surface area contributed by atoms with Crippen LogP contribution in [-0.2, 0) is 11.3 Å². The fraction of sp³-hybridized carbons (Fsp3) is 0.0556. The summed E-state index contributed by atoms with van der Waals surface area (Å²) in [5.41, 5.74) is 2.05. The van der Waals surface area contributed by atoms with Crippen molar-refractivity contribution < 1.29 is 9.53 Å². The summed E-state index contributed by atoms with van der Waals surface area (Å²) in [6.45, 7) is 0.185. The number of rotatable bonds is 4. The molecule has 1 heterocycles. The quantitative estimate of drug-likeness (QED) is 0.798. The van der Waals surface area contributed by atoms with Gasteiger partial charge in [-0.05, 0) is 17.7 Å². The number of hydrogen-bond donors (Lipinski definition) is 1. The summed E-state index contributed by atoms with van der Waals surface area (Å²) >= 11 is 0. The zero-order valence-corrected chi connectivity index (χ0v) is 12.7. The van der Waals surface area contributed by atoms with Gasteiger partial charge in [0.15, 0.2) is 5.82 Å². The molecule has 1 N–H and O–H groups in total. The lowest BCUT2D eigenvalue weighted by atomic mass is 10.2. The van der Waals surface area contributed by atoms with Crippen molar-refractivity contribution in [2.24, 2.45) is 0 Å². The number of carbonyl (C=O) groups is 1. The highest BCUT2D eigenvalue weighted by atomic mass is 16.5. The standard InChI is InChI=1S/C18H14N4O2/c19-12-15-8-4-5-9-16(15)22-11-10-17(21-22)20-18(23)24-13-14-6-2-1-3-7-14/h1-11H,13H2,(H,20,21,23). The maximum absolute atomic E-state index is 11.8. The van der Waals surface area contributed by atoms with Crippen LogP contribution in [0.2, 0.25) is 0 Å². The Bertz CT molecular complexity index is 881. The third kappa shape index (κ3) is 3.59. The summed E-state index contributed by atoms with van der Waals surface area (Å²) in [6, 6.07) is 20.2. The summed E-state index contributed by atoms with van der Waals surface area (Å²) in [5.74, 6) is 0.348. The number of nitriles is 1. The first kappa shape index (κ1) is 15.3. The highest BCUT2D eigenvalue weighted by Crippen LogP contribution is 2.15. The fourth-order valence-corrected chi connectivity index (χ4v) is 2.16. The number of nitrogens with one attached hydrogen (secondary N) is 1. The summed E-state index contributed by atoms with van der Waals surface area (Å²) in [5, 5.41) is 15.9. The highest BCUT2D eigenvalue weighted by Gasteiger charge is 2.09. The third-order valence-corrected chi connectivity index (χ3v) is 3.30. The predicted molar refractivity (Wildman–Crippen MR) is 88.5 cm³/mol. The van der Waals surface area contributed by atoms with E-state index >= 15 is 0 Å². The van der Waals surface area contributed by atoms with E-state index in [9.17, 15) is 4.79 Å². The molecule has 0 saturated heterocycles. The van der Waals surface area contributed by atoms with Gasteiger partial charge in [0.2, 0.25) is 0 Å². The van der Waals surface area contributed by atoms with Gasteiger partial charge in [-0.3, -0.25) is 5.32 Å². The number of carbonyl (C=O) groups excluding carboxylic acids is 1. The molecule has 6 heteroatoms. The van der Waals surface area contributed by atoms with Gasteiger partial charge < -0.3 is 4.74 Å². The smallest absolute Gasteiger partial charge is 0.413 e. The van der Waals surface area contributed by atoms with Crippen LogP contribution in [0.4, 0.5) is 10.6 Å². The van der Waals surface area contributed by atoms with Crippen molar-refractivity contribution in [3.05, 3.63) is 78.0 Å². The topological polar surface area (TPSA) is 79.9 Å². The molecule has 1 amide bonds. The monoisotopic (exact) mass is 318 g/mol. The van der Waals surface area contributed by atoms with E-state index in [0.717, 1.165) is 5.56 Å². The van der Waals surface area contributed by atoms with Crippen molar-refractivity contribution >= 4 is 11.9 Å². The second kappa shape index (κ2) is 7.11. The summed E-state index contributed by atoms with van der Waals surface area (Å²) in [7, 11) is 0. The maximum Gasteiger partial charge on any atom is 0.413 e. The van der Waals surface area contributed by atoms with Gasteiger partial charge in [0.05, 0.1) is 11.3 Å². The molecule has 0 aliphatic rings. The van der Waals surface area contributed by atoms with E-state index in [-0.39, 0.29) is 6.61 Å². The minimum atomic E-state index is -0.585. The molecule has 0 unspecified atom stereocenters. The molecular weight excluding hydrogens is 304 g/mol. The van der Waals surface area contributed by atoms with Crippen LogP contribution >= 0.6 is 0 Å². The molecule has 2 aromatic carbocycles. The molecule has 0 fully saturated rings. The van der Waals surface area contributed by atoms with E-state index < -0.39 is 6.09 Å². The average Bonchev–Trinajstić information content (AvgIpc) is 3.09. The molecule has 0 saturated carbocycles. The van der Waals surface area contributed by atoms with Crippen molar-refractivity contribution in [1.29, 1.82) is 5.26 Å². The third-order valence-electron chi connectivity index (χ3n) is 3.30. The largest absolute Gasteiger partial charge is 0.444 e. The molecule has 0 spiro atoms. The van der Waals surface area contributed by atoms with E-state index in [1.807, 2.05) is 36.4 Å². The Hall–Kier alpha value is -3.59. The molecule has 3 rings (SSSR count). The Balaban J connectivity index is 1.64. The van der Waals surface area contributed by atoms with Gasteiger partial charge in [-0.1, -0.05) is 42.5 Å². The fourth-order valence-electron chi connectivity index (χ4n) is 2.16. The van der Waals surface area contributed by atoms with Gasteiger partial charge in [0.25, 0.3) is 0 Å². The lowest BCUT2D eigenvalue weighted by Crippen LogP contribution is -2.14. The number of hydrogen-bond acceptors (Lipinski definition) is 4. The van der Waals surface area contributed by atoms with Crippen LogP contribution < -0.4 is 5.32 Å². The SMILES string of the molecule is N#Cc1ccccc1-n1ccc(NC(=O)OCc2ccccc2)n1. The van der Waals surface area contributed by atoms with Crippen LogP contribution in [0.15, 0.2) is 66.9 Å². The molecule has 0 atom stereocenters. The number of nitrogens with zero attached hydrogens (tertiary/aromatic N) is 3. The molecule has 3 aromatic rings. The molecule has 6 nitrogen and oxygen atoms in total. The maximum atomic E-state index is 11.8. The van der Waals surface area contributed by atoms with Crippen LogP contribution in [0.3, 0.4) is 0 Å². The van der Waals surface area contributed by atoms with Crippen molar-refractivity contribution in [3.63, 3.8) is 0 Å². The van der Waals surface area contributed by atoms with Crippen LogP contribution in [0.5, 0.6) is 0 Å². The number of benzene rings is 2. The highest BCUT2D eigenvalue weighted by molar-refractivity contribution is 5.83. The van der Waals surface area contributed by atoms with Crippen LogP contribution in [-0.4, -0.2) is 15.9 Å². The normalized spacial score (nSPS) is 9.96. The second-order valence-electron chi connectivity index (χ2n) is 4.96. The summed E-state index contributed by atoms with van der Waals surface area (Å²) in [4.78, 5) is 11.8. The van der Waals surface area contributed by atoms with Crippen LogP contribution in [0.1, 0.15) is 11.1 Å². The zero-order chi connectivity index (χ0) is 16.8. The number of anilines is 1. The Labute approximate surface area is 138 Å². The van der Waals surface area contributed by atoms with Crippen molar-refractivity contribution in [2.45, 2.75) is 6.61 Å². The van der Waals surface area contributed by atoms with Gasteiger partial charge in [-0.2, -0.15) is 5.26 Å². The number of aromatic nitrogens is 2. The Kier molecular flexibility index (Phi) is 4.54. The Morgan fingerprint density at radius 3 is 2.67 bits per heavy atom. The number of para-hydroxylation sites is 1. The van der Waals surface area contributed by atoms with Gasteiger partial charge in [-0.15, -0.1) is 5.10 Å². The van der Waals surface area contributed by atoms with Crippen LogP contribution in [0, 0.1) is 11.3 Å². The first-order valence-corrected chi connectivity index (χ1v) is 7.29. The number of amides is 1. The molecule has 118 valence electrons. The zero-order valence-electron chi connectivity index (χ0n) is 12.7. The van der Waals surface area contributed by atoms with Gasteiger partial charge >= 0.3 is 6.09 Å². The first-order valence-electron chi connectivity index (χ1n) is 7.29. The van der Waals surface area contributed by atoms with Gasteiger partial charge in [0.1, 0.15) is 12.7 Å². The number of ether oxygens (including phenoxy) is 1. The molecule has 0 radical (unpaired) electrons. The van der Waals surface area contributed by atoms with E-state index in [1.165, 1.54) is 4.68 Å². The van der Waals surface area contributed by atoms with E-state index in [2.05, 4.69) is 16.5 Å². The average molecular weight is 318 g/mol. The van der Waals surface area contributed by atoms with Gasteiger partial charge in [0, 0.05) is 12.3 Å². The molecule has 24 heavy (non-hydrogen) atoms. The summed E-state index contributed by atoms with van der Waals surface area (Å²) in [6.07, 6.45) is 1.08. The van der Waals surface area contributed by atoms with Crippen molar-refractivity contribution in [2.75, 3.05) is 5.32 Å². The van der Waals surface area contributed by atoms with Crippen LogP contribution in [0.25, 0.3) is 5.69 Å². The van der Waals surface area contributed by atoms with E-state index in [4.69, 9.17) is 10.00 Å². The van der Waals surface area contributed by atoms with E-state index in [1.54, 1.807) is 30.5 Å². The minimum absolute atomic E-state index is 0.185. The lowest BCUT2D eigenvalue weighted by Gasteiger charge is -2.05. The Morgan fingerprint density at radius 2 is 1.88 bits per heavy atom. The van der Waals surface area contributed by atoms with Crippen molar-refractivity contribution in [1.82, 2.24) is 9.78 Å². The lowest BCUT2D eigenvalue weighted by molar-refractivity contribution is 0.155. The molecule has 0 aliphatic heterocycles. The molecule has 0 bridgehead atoms. The molecule has 0 aliphatic carbocycles. The predicted octanol–water partition coefficient (Wildman–Crippen LogP) is 3.49. The molecular formula is C18H14N4O2. The Morgan fingerprint density at radius 1 is 1.12 bits per heavy atom. The van der Waals surface area contributed by atoms with E-state index in [0.29, 0.717) is 17.1 Å². The summed E-state index contributed by atoms with van der Waals surface area (Å²) < 4.78 is 6.67. The molecule has 1 aromatic heterocycles. The van der Waals surface area contributed by atoms with Gasteiger partial charge in [-0.25, -0.2) is 9.48 Å². The minimum Gasteiger partial charge on any atom is -0.444 e. The first-order chi connectivity index (χ1) is 11.8. The second-order valence-corrected chi connectivity index (χ2v) is 4.96.